The fraction of sp³-hybridized carbons (Fsp3) is 0.462. The second kappa shape index (κ2) is 11.0. The first-order valence-electron chi connectivity index (χ1n) is 12.4. The van der Waals surface area contributed by atoms with Gasteiger partial charge in [-0.3, -0.25) is 24.4 Å². The Kier molecular flexibility index (Phi) is 8.06. The summed E-state index contributed by atoms with van der Waals surface area (Å²) in [5.74, 6) is -6.31. The molecule has 1 aromatic heterocycles. The maximum Gasteiger partial charge on any atom is 0.415 e. The molecular formula is C26H25F6N5O5. The number of hydrogen-bond donors (Lipinski definition) is 1. The summed E-state index contributed by atoms with van der Waals surface area (Å²) in [6.45, 7) is 3.89. The van der Waals surface area contributed by atoms with E-state index >= 15 is 4.39 Å². The molecule has 2 amide bonds. The number of nitrogens with one attached hydrogen (secondary N) is 1. The number of alkyl halides is 5. The molecule has 0 unspecified atom stereocenters. The molecule has 1 aromatic carbocycles. The standard InChI is InChI=1S/C26H25F6N5O5/c1-24(2,3)42-18(38)8-17-36-25(11-41-20(26(30,31)32)19(25)23(40)37(17)4)13-7-12(5-6-14(13)27)35-22(39)16-10-33-15(9-34-16)21(28)29/h5-7,9-10,19-21H,8,11H2,1-4H3,(H,35,39)/t19-,20-,25+/m0/s1. The Morgan fingerprint density at radius 1 is 1.19 bits per heavy atom. The highest BCUT2D eigenvalue weighted by Gasteiger charge is 2.66. The van der Waals surface area contributed by atoms with Crippen LogP contribution < -0.4 is 5.32 Å². The lowest BCUT2D eigenvalue weighted by Crippen LogP contribution is -2.56. The number of ether oxygens (including phenoxy) is 2. The smallest absolute Gasteiger partial charge is 0.415 e. The molecule has 2 aromatic rings. The maximum absolute atomic E-state index is 15.4. The molecule has 226 valence electrons. The number of nitrogens with zero attached hydrogens (tertiary/aromatic N) is 4. The van der Waals surface area contributed by atoms with Crippen molar-refractivity contribution in [2.75, 3.05) is 19.0 Å². The van der Waals surface area contributed by atoms with Gasteiger partial charge in [0.1, 0.15) is 46.5 Å². The highest BCUT2D eigenvalue weighted by atomic mass is 19.4. The molecule has 2 aliphatic rings. The summed E-state index contributed by atoms with van der Waals surface area (Å²) in [7, 11) is 1.13. The summed E-state index contributed by atoms with van der Waals surface area (Å²) in [4.78, 5) is 50.8. The van der Waals surface area contributed by atoms with Gasteiger partial charge in [-0.25, -0.2) is 18.2 Å². The first kappa shape index (κ1) is 30.9. The van der Waals surface area contributed by atoms with Crippen molar-refractivity contribution in [2.45, 2.75) is 57.0 Å². The Morgan fingerprint density at radius 2 is 1.88 bits per heavy atom. The monoisotopic (exact) mass is 601 g/mol. The van der Waals surface area contributed by atoms with Crippen molar-refractivity contribution in [1.29, 1.82) is 0 Å². The van der Waals surface area contributed by atoms with E-state index in [0.29, 0.717) is 6.20 Å². The number of esters is 1. The molecule has 4 rings (SSSR count). The van der Waals surface area contributed by atoms with Gasteiger partial charge < -0.3 is 19.7 Å². The van der Waals surface area contributed by atoms with E-state index in [4.69, 9.17) is 9.47 Å². The summed E-state index contributed by atoms with van der Waals surface area (Å²) in [6.07, 6.45) is -9.74. The number of benzene rings is 1. The van der Waals surface area contributed by atoms with Crippen LogP contribution in [0.3, 0.4) is 0 Å². The number of aromatic nitrogens is 2. The largest absolute Gasteiger partial charge is 0.460 e. The van der Waals surface area contributed by atoms with Crippen LogP contribution in [0.4, 0.5) is 32.0 Å². The fourth-order valence-electron chi connectivity index (χ4n) is 4.68. The Labute approximate surface area is 235 Å². The van der Waals surface area contributed by atoms with Crippen LogP contribution in [0.5, 0.6) is 0 Å². The predicted octanol–water partition coefficient (Wildman–Crippen LogP) is 4.18. The zero-order valence-electron chi connectivity index (χ0n) is 22.6. The number of carbonyl (C=O) groups is 3. The summed E-state index contributed by atoms with van der Waals surface area (Å²) in [5.41, 5.74) is -4.90. The number of carbonyl (C=O) groups excluding carboxylic acids is 3. The third-order valence-corrected chi connectivity index (χ3v) is 6.48. The van der Waals surface area contributed by atoms with Crippen LogP contribution in [0.15, 0.2) is 35.6 Å². The summed E-state index contributed by atoms with van der Waals surface area (Å²) in [5, 5.41) is 2.34. The van der Waals surface area contributed by atoms with Crippen LogP contribution in [0.1, 0.15) is 55.4 Å². The first-order valence-corrected chi connectivity index (χ1v) is 12.4. The summed E-state index contributed by atoms with van der Waals surface area (Å²) >= 11 is 0. The minimum Gasteiger partial charge on any atom is -0.460 e. The van der Waals surface area contributed by atoms with E-state index < -0.39 is 83.6 Å². The Bertz CT molecular complexity index is 1430. The van der Waals surface area contributed by atoms with Gasteiger partial charge in [-0.2, -0.15) is 13.2 Å². The SMILES string of the molecule is CN1C(=O)[C@@H]2[C@@H](C(F)(F)F)OC[C@]2(c2cc(NC(=O)c3cnc(C(F)F)cn3)ccc2F)N=C1CC(=O)OC(C)(C)C. The number of aliphatic imine (C=N–C) groups is 1. The lowest BCUT2D eigenvalue weighted by atomic mass is 9.75. The topological polar surface area (TPSA) is 123 Å². The Morgan fingerprint density at radius 3 is 2.45 bits per heavy atom. The van der Waals surface area contributed by atoms with E-state index in [1.165, 1.54) is 0 Å². The number of hydrogen-bond acceptors (Lipinski definition) is 8. The van der Waals surface area contributed by atoms with Gasteiger partial charge in [-0.05, 0) is 39.0 Å². The summed E-state index contributed by atoms with van der Waals surface area (Å²) < 4.78 is 93.2. The van der Waals surface area contributed by atoms with E-state index in [9.17, 15) is 36.3 Å². The summed E-state index contributed by atoms with van der Waals surface area (Å²) in [6, 6.07) is 2.91. The highest BCUT2D eigenvalue weighted by molar-refractivity contribution is 6.08. The van der Waals surface area contributed by atoms with Gasteiger partial charge >= 0.3 is 12.1 Å². The van der Waals surface area contributed by atoms with Gasteiger partial charge in [0.05, 0.1) is 19.0 Å². The van der Waals surface area contributed by atoms with Crippen LogP contribution in [-0.2, 0) is 24.6 Å². The van der Waals surface area contributed by atoms with Gasteiger partial charge in [0, 0.05) is 18.3 Å². The van der Waals surface area contributed by atoms with Crippen LogP contribution in [-0.4, -0.2) is 70.0 Å². The van der Waals surface area contributed by atoms with Gasteiger partial charge in [0.15, 0.2) is 6.10 Å². The third-order valence-electron chi connectivity index (χ3n) is 6.48. The average molecular weight is 602 g/mol. The van der Waals surface area contributed by atoms with Gasteiger partial charge in [0.25, 0.3) is 12.3 Å². The number of fused-ring (bicyclic) bond motifs is 1. The van der Waals surface area contributed by atoms with Crippen LogP contribution in [0.2, 0.25) is 0 Å². The van der Waals surface area contributed by atoms with Gasteiger partial charge in [-0.1, -0.05) is 0 Å². The Hall–Kier alpha value is -4.08. The van der Waals surface area contributed by atoms with E-state index in [0.717, 1.165) is 36.3 Å². The molecule has 0 radical (unpaired) electrons. The zero-order valence-corrected chi connectivity index (χ0v) is 22.6. The number of rotatable bonds is 6. The molecule has 42 heavy (non-hydrogen) atoms. The molecule has 16 heteroatoms. The number of halogens is 6. The first-order chi connectivity index (χ1) is 19.4. The van der Waals surface area contributed by atoms with Crippen molar-refractivity contribution in [2.24, 2.45) is 10.9 Å². The van der Waals surface area contributed by atoms with E-state index in [2.05, 4.69) is 20.3 Å². The van der Waals surface area contributed by atoms with Crippen molar-refractivity contribution < 1.29 is 50.2 Å². The van der Waals surface area contributed by atoms with Crippen molar-refractivity contribution in [3.63, 3.8) is 0 Å². The molecular weight excluding hydrogens is 576 g/mol. The van der Waals surface area contributed by atoms with Crippen LogP contribution >= 0.6 is 0 Å². The molecule has 0 bridgehead atoms. The molecule has 0 aliphatic carbocycles. The highest BCUT2D eigenvalue weighted by Crippen LogP contribution is 2.51. The third kappa shape index (κ3) is 6.07. The molecule has 0 saturated carbocycles. The normalized spacial score (nSPS) is 22.6. The lowest BCUT2D eigenvalue weighted by Gasteiger charge is -2.40. The predicted molar refractivity (Wildman–Crippen MR) is 133 cm³/mol. The number of amides is 2. The maximum atomic E-state index is 15.4. The Balaban J connectivity index is 1.77. The van der Waals surface area contributed by atoms with Crippen LogP contribution in [0, 0.1) is 11.7 Å². The van der Waals surface area contributed by atoms with Gasteiger partial charge in [0.2, 0.25) is 5.91 Å². The quantitative estimate of drug-likeness (QED) is 0.389. The number of amidine groups is 1. The minimum absolute atomic E-state index is 0.144. The molecule has 10 nitrogen and oxygen atoms in total. The number of anilines is 1. The molecule has 2 aliphatic heterocycles. The fourth-order valence-corrected chi connectivity index (χ4v) is 4.68. The van der Waals surface area contributed by atoms with Crippen molar-refractivity contribution >= 4 is 29.3 Å². The minimum atomic E-state index is -5.04. The molecule has 3 heterocycles. The lowest BCUT2D eigenvalue weighted by molar-refractivity contribution is -0.218. The molecule has 1 N–H and O–H groups in total. The average Bonchev–Trinajstić information content (AvgIpc) is 3.28. The second-order valence-corrected chi connectivity index (χ2v) is 10.6. The van der Waals surface area contributed by atoms with E-state index in [-0.39, 0.29) is 17.2 Å². The van der Waals surface area contributed by atoms with E-state index in [1.807, 2.05) is 0 Å². The molecule has 3 atom stereocenters. The molecule has 1 fully saturated rings. The second-order valence-electron chi connectivity index (χ2n) is 10.6. The van der Waals surface area contributed by atoms with Crippen molar-refractivity contribution in [3.05, 3.63) is 53.4 Å². The van der Waals surface area contributed by atoms with Gasteiger partial charge in [-0.15, -0.1) is 0 Å². The van der Waals surface area contributed by atoms with Crippen LogP contribution in [0.25, 0.3) is 0 Å². The van der Waals surface area contributed by atoms with E-state index in [1.54, 1.807) is 20.8 Å². The zero-order chi connectivity index (χ0) is 31.2. The van der Waals surface area contributed by atoms with Crippen molar-refractivity contribution in [1.82, 2.24) is 14.9 Å². The molecule has 0 spiro atoms. The van der Waals surface area contributed by atoms with Crippen molar-refractivity contribution in [3.8, 4) is 0 Å². The molecule has 1 saturated heterocycles.